The topological polar surface area (TPSA) is 52.5 Å². The van der Waals surface area contributed by atoms with Gasteiger partial charge in [0.05, 0.1) is 12.7 Å². The molecule has 5 nitrogen and oxygen atoms in total. The van der Waals surface area contributed by atoms with E-state index in [0.29, 0.717) is 25.3 Å². The average Bonchev–Trinajstić information content (AvgIpc) is 3.31. The van der Waals surface area contributed by atoms with Crippen molar-refractivity contribution in [3.63, 3.8) is 0 Å². The van der Waals surface area contributed by atoms with Crippen molar-refractivity contribution in [1.82, 2.24) is 9.88 Å². The molecule has 0 spiro atoms. The maximum absolute atomic E-state index is 12.1. The summed E-state index contributed by atoms with van der Waals surface area (Å²) in [6, 6.07) is 11.5. The van der Waals surface area contributed by atoms with E-state index < -0.39 is 0 Å². The summed E-state index contributed by atoms with van der Waals surface area (Å²) in [4.78, 5) is 12.1. The molecule has 1 N–H and O–H groups in total. The summed E-state index contributed by atoms with van der Waals surface area (Å²) in [5.74, 6) is -0.0480. The zero-order valence-electron chi connectivity index (χ0n) is 13.8. The first kappa shape index (κ1) is 16.7. The van der Waals surface area contributed by atoms with Crippen LogP contribution in [0.4, 0.5) is 0 Å². The lowest BCUT2D eigenvalue weighted by atomic mass is 10.2. The standard InChI is InChI=1S/C19H24N2O3/c22-19(20-10-4-13-23-15-18-5-3-14-24-18)16-6-8-17(9-7-16)21-11-1-2-12-21/h1-2,6-9,11-12,18H,3-5,10,13-15H2,(H,20,22). The van der Waals surface area contributed by atoms with Crippen LogP contribution in [0.3, 0.4) is 0 Å². The lowest BCUT2D eigenvalue weighted by Gasteiger charge is -2.10. The number of carbonyl (C=O) groups is 1. The second kappa shape index (κ2) is 8.66. The number of rotatable bonds is 8. The van der Waals surface area contributed by atoms with E-state index in [9.17, 15) is 4.79 Å². The summed E-state index contributed by atoms with van der Waals surface area (Å²) in [5.41, 5.74) is 1.71. The van der Waals surface area contributed by atoms with E-state index in [1.54, 1.807) is 0 Å². The van der Waals surface area contributed by atoms with Crippen LogP contribution in [0.2, 0.25) is 0 Å². The zero-order valence-corrected chi connectivity index (χ0v) is 13.8. The Balaban J connectivity index is 1.34. The zero-order chi connectivity index (χ0) is 16.6. The first-order chi connectivity index (χ1) is 11.8. The summed E-state index contributed by atoms with van der Waals surface area (Å²) in [7, 11) is 0. The molecule has 1 saturated heterocycles. The number of hydrogen-bond acceptors (Lipinski definition) is 3. The number of hydrogen-bond donors (Lipinski definition) is 1. The molecule has 0 saturated carbocycles. The number of benzene rings is 1. The molecule has 24 heavy (non-hydrogen) atoms. The molecule has 128 valence electrons. The van der Waals surface area contributed by atoms with Crippen molar-refractivity contribution in [3.8, 4) is 5.69 Å². The molecule has 1 aliphatic heterocycles. The Labute approximate surface area is 142 Å². The molecule has 1 atom stereocenters. The number of carbonyl (C=O) groups excluding carboxylic acids is 1. The number of aromatic nitrogens is 1. The van der Waals surface area contributed by atoms with Gasteiger partial charge in [-0.25, -0.2) is 0 Å². The molecular formula is C19H24N2O3. The lowest BCUT2D eigenvalue weighted by Crippen LogP contribution is -2.25. The van der Waals surface area contributed by atoms with Crippen molar-refractivity contribution in [2.45, 2.75) is 25.4 Å². The van der Waals surface area contributed by atoms with Gasteiger partial charge in [0.2, 0.25) is 0 Å². The minimum Gasteiger partial charge on any atom is -0.379 e. The van der Waals surface area contributed by atoms with Gasteiger partial charge in [-0.3, -0.25) is 4.79 Å². The second-order valence-corrected chi connectivity index (χ2v) is 5.96. The third-order valence-corrected chi connectivity index (χ3v) is 4.11. The predicted molar refractivity (Wildman–Crippen MR) is 92.5 cm³/mol. The Kier molecular flexibility index (Phi) is 6.04. The largest absolute Gasteiger partial charge is 0.379 e. The Morgan fingerprint density at radius 1 is 1.25 bits per heavy atom. The summed E-state index contributed by atoms with van der Waals surface area (Å²) < 4.78 is 13.1. The molecule has 2 aromatic rings. The molecule has 1 amide bonds. The second-order valence-electron chi connectivity index (χ2n) is 5.96. The van der Waals surface area contributed by atoms with E-state index >= 15 is 0 Å². The highest BCUT2D eigenvalue weighted by Gasteiger charge is 2.14. The first-order valence-electron chi connectivity index (χ1n) is 8.54. The van der Waals surface area contributed by atoms with Crippen LogP contribution >= 0.6 is 0 Å². The molecule has 1 aliphatic rings. The average molecular weight is 328 g/mol. The van der Waals surface area contributed by atoms with Crippen LogP contribution in [0.1, 0.15) is 29.6 Å². The molecule has 2 heterocycles. The van der Waals surface area contributed by atoms with Crippen LogP contribution in [0, 0.1) is 0 Å². The molecule has 1 aromatic heterocycles. The van der Waals surface area contributed by atoms with Crippen LogP contribution < -0.4 is 5.32 Å². The number of amides is 1. The number of nitrogens with one attached hydrogen (secondary N) is 1. The summed E-state index contributed by atoms with van der Waals surface area (Å²) in [6.07, 6.45) is 7.25. The number of nitrogens with zero attached hydrogens (tertiary/aromatic N) is 1. The SMILES string of the molecule is O=C(NCCCOCC1CCCO1)c1ccc(-n2cccc2)cc1. The molecular weight excluding hydrogens is 304 g/mol. The fraction of sp³-hybridized carbons (Fsp3) is 0.421. The molecule has 0 aliphatic carbocycles. The first-order valence-corrected chi connectivity index (χ1v) is 8.54. The highest BCUT2D eigenvalue weighted by molar-refractivity contribution is 5.94. The summed E-state index contributed by atoms with van der Waals surface area (Å²) >= 11 is 0. The van der Waals surface area contributed by atoms with Crippen molar-refractivity contribution >= 4 is 5.91 Å². The van der Waals surface area contributed by atoms with Gasteiger partial charge in [0, 0.05) is 43.4 Å². The quantitative estimate of drug-likeness (QED) is 0.758. The van der Waals surface area contributed by atoms with E-state index in [2.05, 4.69) is 5.32 Å². The van der Waals surface area contributed by atoms with Crippen molar-refractivity contribution in [2.24, 2.45) is 0 Å². The van der Waals surface area contributed by atoms with Gasteiger partial charge in [-0.05, 0) is 55.7 Å². The summed E-state index contributed by atoms with van der Waals surface area (Å²) in [6.45, 7) is 2.78. The Morgan fingerprint density at radius 3 is 2.75 bits per heavy atom. The van der Waals surface area contributed by atoms with E-state index in [0.717, 1.165) is 31.6 Å². The van der Waals surface area contributed by atoms with E-state index in [1.165, 1.54) is 0 Å². The lowest BCUT2D eigenvalue weighted by molar-refractivity contribution is 0.0166. The molecule has 0 bridgehead atoms. The van der Waals surface area contributed by atoms with Gasteiger partial charge in [0.15, 0.2) is 0 Å². The highest BCUT2D eigenvalue weighted by atomic mass is 16.5. The van der Waals surface area contributed by atoms with Crippen molar-refractivity contribution in [1.29, 1.82) is 0 Å². The monoisotopic (exact) mass is 328 g/mol. The van der Waals surface area contributed by atoms with Gasteiger partial charge in [-0.2, -0.15) is 0 Å². The maximum atomic E-state index is 12.1. The van der Waals surface area contributed by atoms with Crippen LogP contribution in [0.5, 0.6) is 0 Å². The van der Waals surface area contributed by atoms with Gasteiger partial charge < -0.3 is 19.4 Å². The molecule has 5 heteroatoms. The smallest absolute Gasteiger partial charge is 0.251 e. The van der Waals surface area contributed by atoms with Crippen LogP contribution in [-0.4, -0.2) is 42.9 Å². The maximum Gasteiger partial charge on any atom is 0.251 e. The third kappa shape index (κ3) is 4.69. The number of ether oxygens (including phenoxy) is 2. The highest BCUT2D eigenvalue weighted by Crippen LogP contribution is 2.12. The van der Waals surface area contributed by atoms with Crippen LogP contribution in [-0.2, 0) is 9.47 Å². The van der Waals surface area contributed by atoms with Crippen molar-refractivity contribution in [2.75, 3.05) is 26.4 Å². The molecule has 0 radical (unpaired) electrons. The van der Waals surface area contributed by atoms with Crippen molar-refractivity contribution < 1.29 is 14.3 Å². The van der Waals surface area contributed by atoms with Gasteiger partial charge in [0.1, 0.15) is 0 Å². The van der Waals surface area contributed by atoms with E-state index in [1.807, 2.05) is 53.4 Å². The molecule has 1 unspecified atom stereocenters. The third-order valence-electron chi connectivity index (χ3n) is 4.11. The van der Waals surface area contributed by atoms with Gasteiger partial charge >= 0.3 is 0 Å². The van der Waals surface area contributed by atoms with Crippen LogP contribution in [0.25, 0.3) is 5.69 Å². The van der Waals surface area contributed by atoms with E-state index in [-0.39, 0.29) is 12.0 Å². The molecule has 3 rings (SSSR count). The van der Waals surface area contributed by atoms with E-state index in [4.69, 9.17) is 9.47 Å². The fourth-order valence-electron chi connectivity index (χ4n) is 2.76. The predicted octanol–water partition coefficient (Wildman–Crippen LogP) is 2.79. The normalized spacial score (nSPS) is 17.1. The van der Waals surface area contributed by atoms with Gasteiger partial charge in [-0.1, -0.05) is 0 Å². The Morgan fingerprint density at radius 2 is 2.04 bits per heavy atom. The minimum absolute atomic E-state index is 0.0480. The Hall–Kier alpha value is -2.11. The Bertz CT molecular complexity index is 617. The molecule has 1 fully saturated rings. The van der Waals surface area contributed by atoms with Crippen molar-refractivity contribution in [3.05, 3.63) is 54.4 Å². The van der Waals surface area contributed by atoms with Gasteiger partial charge in [0.25, 0.3) is 5.91 Å². The van der Waals surface area contributed by atoms with Crippen LogP contribution in [0.15, 0.2) is 48.8 Å². The minimum atomic E-state index is -0.0480. The summed E-state index contributed by atoms with van der Waals surface area (Å²) in [5, 5.41) is 2.92. The fourth-order valence-corrected chi connectivity index (χ4v) is 2.76. The van der Waals surface area contributed by atoms with Gasteiger partial charge in [-0.15, -0.1) is 0 Å². The molecule has 1 aromatic carbocycles.